The summed E-state index contributed by atoms with van der Waals surface area (Å²) in [5.74, 6) is 7.73. The molecular weight excluding hydrogens is 348 g/mol. The highest BCUT2D eigenvalue weighted by atomic mass is 15.3. The summed E-state index contributed by atoms with van der Waals surface area (Å²) in [5, 5.41) is 16.0. The first kappa shape index (κ1) is 20.0. The molecular formula is C22H30N6. The van der Waals surface area contributed by atoms with Crippen LogP contribution in [0.15, 0.2) is 18.2 Å². The van der Waals surface area contributed by atoms with Gasteiger partial charge in [-0.25, -0.2) is 4.68 Å². The lowest BCUT2D eigenvalue weighted by molar-refractivity contribution is 0.202. The monoisotopic (exact) mass is 378 g/mol. The molecule has 1 saturated heterocycles. The number of amidine groups is 1. The minimum Gasteiger partial charge on any atom is -0.383 e. The van der Waals surface area contributed by atoms with Gasteiger partial charge in [0.15, 0.2) is 0 Å². The number of aryl methyl sites for hydroxylation is 2. The topological polar surface area (TPSA) is 83.0 Å². The predicted octanol–water partition coefficient (Wildman–Crippen LogP) is 2.57. The third-order valence-electron chi connectivity index (χ3n) is 5.44. The fourth-order valence-electron chi connectivity index (χ4n) is 3.68. The van der Waals surface area contributed by atoms with E-state index in [-0.39, 0.29) is 5.84 Å². The maximum atomic E-state index is 8.05. The quantitative estimate of drug-likeness (QED) is 0.434. The van der Waals surface area contributed by atoms with E-state index >= 15 is 0 Å². The Morgan fingerprint density at radius 2 is 2.00 bits per heavy atom. The van der Waals surface area contributed by atoms with Crippen molar-refractivity contribution in [1.29, 1.82) is 5.41 Å². The molecule has 4 N–H and O–H groups in total. The summed E-state index contributed by atoms with van der Waals surface area (Å²) in [6.45, 7) is 7.14. The summed E-state index contributed by atoms with van der Waals surface area (Å²) in [7, 11) is 4.01. The summed E-state index contributed by atoms with van der Waals surface area (Å²) in [6.07, 6.45) is 2.30. The molecule has 3 rings (SSSR count). The van der Waals surface area contributed by atoms with Crippen molar-refractivity contribution < 1.29 is 0 Å². The van der Waals surface area contributed by atoms with Crippen LogP contribution in [0.2, 0.25) is 0 Å². The van der Waals surface area contributed by atoms with Crippen LogP contribution in [0.1, 0.15) is 40.8 Å². The Hall–Kier alpha value is -2.78. The zero-order valence-corrected chi connectivity index (χ0v) is 17.3. The maximum absolute atomic E-state index is 8.05. The van der Waals surface area contributed by atoms with Crippen LogP contribution in [0, 0.1) is 37.0 Å². The molecule has 0 bridgehead atoms. The molecule has 0 radical (unpaired) electrons. The van der Waals surface area contributed by atoms with Crippen LogP contribution in [0.4, 0.5) is 5.82 Å². The van der Waals surface area contributed by atoms with E-state index in [2.05, 4.69) is 54.2 Å². The molecule has 2 aromatic rings. The van der Waals surface area contributed by atoms with Crippen LogP contribution in [-0.4, -0.2) is 47.7 Å². The second-order valence-corrected chi connectivity index (χ2v) is 7.73. The zero-order chi connectivity index (χ0) is 20.3. The fraction of sp³-hybridized carbons (Fsp3) is 0.455. The molecule has 0 spiro atoms. The predicted molar refractivity (Wildman–Crippen MR) is 115 cm³/mol. The van der Waals surface area contributed by atoms with E-state index in [0.717, 1.165) is 49.4 Å². The number of nitrogen functional groups attached to an aromatic ring is 1. The van der Waals surface area contributed by atoms with Gasteiger partial charge in [-0.05, 0) is 75.9 Å². The number of aromatic nitrogens is 2. The lowest BCUT2D eigenvalue weighted by atomic mass is 9.97. The molecule has 148 valence electrons. The van der Waals surface area contributed by atoms with E-state index in [1.807, 2.05) is 18.7 Å². The Bertz CT molecular complexity index is 922. The van der Waals surface area contributed by atoms with Crippen LogP contribution in [-0.2, 0) is 6.54 Å². The first-order valence-electron chi connectivity index (χ1n) is 9.79. The Morgan fingerprint density at radius 1 is 1.29 bits per heavy atom. The number of hydrogen-bond acceptors (Lipinski definition) is 4. The Labute approximate surface area is 167 Å². The Morgan fingerprint density at radius 3 is 2.64 bits per heavy atom. The van der Waals surface area contributed by atoms with Gasteiger partial charge in [-0.2, -0.15) is 5.10 Å². The molecule has 0 aliphatic carbocycles. The van der Waals surface area contributed by atoms with Gasteiger partial charge in [0.2, 0.25) is 0 Å². The molecule has 1 aliphatic rings. The van der Waals surface area contributed by atoms with Gasteiger partial charge in [-0.15, -0.1) is 0 Å². The highest BCUT2D eigenvalue weighted by Gasteiger charge is 2.23. The second kappa shape index (κ2) is 8.49. The second-order valence-electron chi connectivity index (χ2n) is 7.73. The first-order chi connectivity index (χ1) is 13.4. The standard InChI is InChI=1S/C22H30N6/c1-15-5-6-16(2)18(13-15)7-8-19-20(21(23)24)22(25-3)28(26-19)14-17-9-11-27(4)12-10-17/h5-6,13,17,25H,9-12,14H2,1-4H3,(H3,23,24). The van der Waals surface area contributed by atoms with Gasteiger partial charge in [0.25, 0.3) is 0 Å². The number of piperidine rings is 1. The maximum Gasteiger partial charge on any atom is 0.148 e. The van der Waals surface area contributed by atoms with Crippen molar-refractivity contribution in [3.05, 3.63) is 46.1 Å². The molecule has 2 heterocycles. The van der Waals surface area contributed by atoms with E-state index < -0.39 is 0 Å². The van der Waals surface area contributed by atoms with Gasteiger partial charge in [0.1, 0.15) is 17.3 Å². The molecule has 6 heteroatoms. The third-order valence-corrected chi connectivity index (χ3v) is 5.44. The number of anilines is 1. The summed E-state index contributed by atoms with van der Waals surface area (Å²) >= 11 is 0. The molecule has 28 heavy (non-hydrogen) atoms. The Balaban J connectivity index is 1.95. The normalized spacial score (nSPS) is 15.1. The highest BCUT2D eigenvalue weighted by Crippen LogP contribution is 2.24. The van der Waals surface area contributed by atoms with E-state index in [4.69, 9.17) is 16.2 Å². The van der Waals surface area contributed by atoms with Crippen LogP contribution in [0.3, 0.4) is 0 Å². The summed E-state index contributed by atoms with van der Waals surface area (Å²) in [4.78, 5) is 2.36. The molecule has 6 nitrogen and oxygen atoms in total. The summed E-state index contributed by atoms with van der Waals surface area (Å²) < 4.78 is 1.94. The Kier molecular flexibility index (Phi) is 6.05. The molecule has 0 unspecified atom stereocenters. The largest absolute Gasteiger partial charge is 0.383 e. The number of nitrogens with zero attached hydrogens (tertiary/aromatic N) is 3. The number of nitrogens with one attached hydrogen (secondary N) is 2. The lowest BCUT2D eigenvalue weighted by Gasteiger charge is -2.29. The highest BCUT2D eigenvalue weighted by molar-refractivity contribution is 6.01. The number of likely N-dealkylation sites (tertiary alicyclic amines) is 1. The number of hydrogen-bond donors (Lipinski definition) is 3. The zero-order valence-electron chi connectivity index (χ0n) is 17.3. The van der Waals surface area contributed by atoms with E-state index in [0.29, 0.717) is 17.2 Å². The molecule has 0 saturated carbocycles. The van der Waals surface area contributed by atoms with Crippen molar-refractivity contribution in [2.75, 3.05) is 32.5 Å². The van der Waals surface area contributed by atoms with Gasteiger partial charge in [0, 0.05) is 19.2 Å². The molecule has 0 amide bonds. The van der Waals surface area contributed by atoms with Crippen molar-refractivity contribution in [1.82, 2.24) is 14.7 Å². The number of rotatable bonds is 4. The lowest BCUT2D eigenvalue weighted by Crippen LogP contribution is -2.32. The van der Waals surface area contributed by atoms with Crippen LogP contribution < -0.4 is 11.1 Å². The van der Waals surface area contributed by atoms with Crippen molar-refractivity contribution >= 4 is 11.7 Å². The molecule has 1 fully saturated rings. The van der Waals surface area contributed by atoms with Gasteiger partial charge in [-0.1, -0.05) is 18.1 Å². The molecule has 1 aromatic heterocycles. The smallest absolute Gasteiger partial charge is 0.148 e. The van der Waals surface area contributed by atoms with E-state index in [1.54, 1.807) is 0 Å². The van der Waals surface area contributed by atoms with Gasteiger partial charge in [0.05, 0.1) is 5.56 Å². The van der Waals surface area contributed by atoms with Crippen molar-refractivity contribution in [2.45, 2.75) is 33.2 Å². The molecule has 1 aromatic carbocycles. The van der Waals surface area contributed by atoms with Crippen molar-refractivity contribution in [2.24, 2.45) is 11.7 Å². The summed E-state index contributed by atoms with van der Waals surface area (Å²) in [6, 6.07) is 6.23. The molecule has 1 aliphatic heterocycles. The van der Waals surface area contributed by atoms with Crippen molar-refractivity contribution in [3.8, 4) is 11.8 Å². The van der Waals surface area contributed by atoms with E-state index in [1.165, 1.54) is 5.56 Å². The third kappa shape index (κ3) is 4.37. The van der Waals surface area contributed by atoms with Crippen LogP contribution >= 0.6 is 0 Å². The number of nitrogens with two attached hydrogens (primary N) is 1. The molecule has 0 atom stereocenters. The van der Waals surface area contributed by atoms with E-state index in [9.17, 15) is 0 Å². The first-order valence-corrected chi connectivity index (χ1v) is 9.79. The average molecular weight is 379 g/mol. The number of benzene rings is 1. The van der Waals surface area contributed by atoms with Gasteiger partial charge in [-0.3, -0.25) is 5.41 Å². The van der Waals surface area contributed by atoms with Gasteiger partial charge >= 0.3 is 0 Å². The van der Waals surface area contributed by atoms with Crippen molar-refractivity contribution in [3.63, 3.8) is 0 Å². The van der Waals surface area contributed by atoms with Crippen LogP contribution in [0.25, 0.3) is 0 Å². The van der Waals surface area contributed by atoms with Crippen LogP contribution in [0.5, 0.6) is 0 Å². The SMILES string of the molecule is CNc1c(C(=N)N)c(C#Cc2cc(C)ccc2C)nn1CC1CCN(C)CC1. The average Bonchev–Trinajstić information content (AvgIpc) is 3.01. The fourth-order valence-corrected chi connectivity index (χ4v) is 3.68. The summed E-state index contributed by atoms with van der Waals surface area (Å²) in [5.41, 5.74) is 10.3. The van der Waals surface area contributed by atoms with Gasteiger partial charge < -0.3 is 16.0 Å². The minimum absolute atomic E-state index is 0.00996. The minimum atomic E-state index is -0.00996.